The van der Waals surface area contributed by atoms with Crippen molar-refractivity contribution in [1.29, 1.82) is 0 Å². The van der Waals surface area contributed by atoms with Gasteiger partial charge in [-0.1, -0.05) is 11.6 Å². The lowest BCUT2D eigenvalue weighted by Gasteiger charge is -2.04. The van der Waals surface area contributed by atoms with Crippen LogP contribution >= 0.6 is 11.6 Å². The number of imidazole rings is 1. The van der Waals surface area contributed by atoms with E-state index in [1.807, 2.05) is 0 Å². The van der Waals surface area contributed by atoms with Crippen LogP contribution in [0.4, 0.5) is 0 Å². The van der Waals surface area contributed by atoms with Gasteiger partial charge >= 0.3 is 0 Å². The van der Waals surface area contributed by atoms with Crippen molar-refractivity contribution in [2.24, 2.45) is 0 Å². The Labute approximate surface area is 85.4 Å². The molecule has 0 saturated carbocycles. The number of halogens is 1. The largest absolute Gasteiger partial charge is 0.392 e. The molecular weight excluding hydrogens is 204 g/mol. The van der Waals surface area contributed by atoms with Crippen molar-refractivity contribution in [2.45, 2.75) is 19.6 Å². The standard InChI is InChI=1S/C8H9ClN4O/c1-5(14)2-13-4-12-6-7(9)10-3-11-8(6)13/h3-5,14H,2H2,1H3/t5-/m1/s1. The molecule has 0 aliphatic heterocycles. The van der Waals surface area contributed by atoms with Crippen molar-refractivity contribution in [3.63, 3.8) is 0 Å². The van der Waals surface area contributed by atoms with E-state index in [0.29, 0.717) is 22.9 Å². The van der Waals surface area contributed by atoms with Crippen LogP contribution in [-0.4, -0.2) is 30.7 Å². The van der Waals surface area contributed by atoms with Crippen LogP contribution in [0.25, 0.3) is 11.2 Å². The summed E-state index contributed by atoms with van der Waals surface area (Å²) < 4.78 is 1.74. The van der Waals surface area contributed by atoms with Crippen LogP contribution < -0.4 is 0 Å². The monoisotopic (exact) mass is 212 g/mol. The highest BCUT2D eigenvalue weighted by Crippen LogP contribution is 2.16. The van der Waals surface area contributed by atoms with E-state index in [1.165, 1.54) is 6.33 Å². The molecule has 0 amide bonds. The molecule has 5 nitrogen and oxygen atoms in total. The van der Waals surface area contributed by atoms with Crippen LogP contribution in [-0.2, 0) is 6.54 Å². The molecule has 0 aliphatic carbocycles. The maximum Gasteiger partial charge on any atom is 0.164 e. The number of aliphatic hydroxyl groups excluding tert-OH is 1. The zero-order chi connectivity index (χ0) is 10.1. The average molecular weight is 213 g/mol. The summed E-state index contributed by atoms with van der Waals surface area (Å²) in [6.45, 7) is 2.15. The molecule has 0 aromatic carbocycles. The molecule has 0 spiro atoms. The zero-order valence-corrected chi connectivity index (χ0v) is 8.31. The Morgan fingerprint density at radius 3 is 3.00 bits per heavy atom. The third kappa shape index (κ3) is 1.56. The molecule has 0 unspecified atom stereocenters. The minimum absolute atomic E-state index is 0.333. The molecule has 2 rings (SSSR count). The van der Waals surface area contributed by atoms with E-state index in [9.17, 15) is 5.11 Å². The molecule has 2 aromatic rings. The molecule has 1 atom stereocenters. The van der Waals surface area contributed by atoms with Crippen LogP contribution in [0.2, 0.25) is 5.15 Å². The van der Waals surface area contributed by atoms with Gasteiger partial charge in [-0.3, -0.25) is 0 Å². The summed E-state index contributed by atoms with van der Waals surface area (Å²) in [7, 11) is 0. The van der Waals surface area contributed by atoms with Crippen molar-refractivity contribution in [3.05, 3.63) is 17.8 Å². The SMILES string of the molecule is C[C@@H](O)Cn1cnc2c(Cl)ncnc21. The highest BCUT2D eigenvalue weighted by Gasteiger charge is 2.09. The van der Waals surface area contributed by atoms with Gasteiger partial charge in [-0.25, -0.2) is 15.0 Å². The lowest BCUT2D eigenvalue weighted by atomic mass is 10.4. The topological polar surface area (TPSA) is 63.8 Å². The fourth-order valence-electron chi connectivity index (χ4n) is 1.27. The molecule has 2 aromatic heterocycles. The van der Waals surface area contributed by atoms with Crippen molar-refractivity contribution in [2.75, 3.05) is 0 Å². The minimum atomic E-state index is -0.443. The fraction of sp³-hybridized carbons (Fsp3) is 0.375. The van der Waals surface area contributed by atoms with Crippen molar-refractivity contribution in [3.8, 4) is 0 Å². The van der Waals surface area contributed by atoms with Crippen LogP contribution in [0.1, 0.15) is 6.92 Å². The Hall–Kier alpha value is -1.20. The van der Waals surface area contributed by atoms with Gasteiger partial charge in [-0.05, 0) is 6.92 Å². The normalized spacial score (nSPS) is 13.4. The van der Waals surface area contributed by atoms with Crippen molar-refractivity contribution in [1.82, 2.24) is 19.5 Å². The van der Waals surface area contributed by atoms with E-state index in [4.69, 9.17) is 11.6 Å². The number of hydrogen-bond acceptors (Lipinski definition) is 4. The summed E-state index contributed by atoms with van der Waals surface area (Å²) in [5.74, 6) is 0. The van der Waals surface area contributed by atoms with Gasteiger partial charge < -0.3 is 9.67 Å². The Morgan fingerprint density at radius 1 is 1.50 bits per heavy atom. The molecule has 0 radical (unpaired) electrons. The van der Waals surface area contributed by atoms with Gasteiger partial charge in [0.1, 0.15) is 11.8 Å². The van der Waals surface area contributed by atoms with Crippen LogP contribution in [0.3, 0.4) is 0 Å². The maximum atomic E-state index is 9.23. The first kappa shape index (κ1) is 9.36. The van der Waals surface area contributed by atoms with Gasteiger partial charge in [-0.15, -0.1) is 0 Å². The van der Waals surface area contributed by atoms with E-state index in [0.717, 1.165) is 0 Å². The molecule has 6 heteroatoms. The molecule has 14 heavy (non-hydrogen) atoms. The summed E-state index contributed by atoms with van der Waals surface area (Å²) in [6, 6.07) is 0. The number of fused-ring (bicyclic) bond motifs is 1. The van der Waals surface area contributed by atoms with Gasteiger partial charge in [0.2, 0.25) is 0 Å². The van der Waals surface area contributed by atoms with E-state index in [1.54, 1.807) is 17.8 Å². The number of nitrogens with zero attached hydrogens (tertiary/aromatic N) is 4. The highest BCUT2D eigenvalue weighted by atomic mass is 35.5. The number of aliphatic hydroxyl groups is 1. The molecule has 74 valence electrons. The summed E-state index contributed by atoms with van der Waals surface area (Å²) in [5, 5.41) is 9.56. The highest BCUT2D eigenvalue weighted by molar-refractivity contribution is 6.33. The average Bonchev–Trinajstić information content (AvgIpc) is 2.49. The molecule has 0 saturated heterocycles. The van der Waals surface area contributed by atoms with E-state index < -0.39 is 6.10 Å². The van der Waals surface area contributed by atoms with Gasteiger partial charge in [0, 0.05) is 0 Å². The lowest BCUT2D eigenvalue weighted by molar-refractivity contribution is 0.175. The smallest absolute Gasteiger partial charge is 0.164 e. The van der Waals surface area contributed by atoms with Crippen molar-refractivity contribution < 1.29 is 5.11 Å². The van der Waals surface area contributed by atoms with E-state index >= 15 is 0 Å². The quantitative estimate of drug-likeness (QED) is 0.750. The first-order valence-electron chi connectivity index (χ1n) is 4.18. The second-order valence-electron chi connectivity index (χ2n) is 3.08. The van der Waals surface area contributed by atoms with Crippen LogP contribution in [0.5, 0.6) is 0 Å². The summed E-state index contributed by atoms with van der Waals surface area (Å²) in [5.41, 5.74) is 1.21. The number of rotatable bonds is 2. The lowest BCUT2D eigenvalue weighted by Crippen LogP contribution is -2.11. The predicted molar refractivity (Wildman–Crippen MR) is 52.0 cm³/mol. The fourth-order valence-corrected chi connectivity index (χ4v) is 1.45. The first-order chi connectivity index (χ1) is 6.68. The van der Waals surface area contributed by atoms with Gasteiger partial charge in [0.25, 0.3) is 0 Å². The van der Waals surface area contributed by atoms with E-state index in [-0.39, 0.29) is 0 Å². The number of aromatic nitrogens is 4. The molecule has 2 heterocycles. The summed E-state index contributed by atoms with van der Waals surface area (Å²) in [6.07, 6.45) is 2.53. The molecule has 1 N–H and O–H groups in total. The van der Waals surface area contributed by atoms with Crippen molar-refractivity contribution >= 4 is 22.8 Å². The van der Waals surface area contributed by atoms with Gasteiger partial charge in [0.15, 0.2) is 10.8 Å². The number of hydrogen-bond donors (Lipinski definition) is 1. The Bertz CT molecular complexity index is 454. The Morgan fingerprint density at radius 2 is 2.29 bits per heavy atom. The van der Waals surface area contributed by atoms with Gasteiger partial charge in [-0.2, -0.15) is 0 Å². The third-order valence-electron chi connectivity index (χ3n) is 1.82. The molecule has 0 bridgehead atoms. The molecule has 0 fully saturated rings. The maximum absolute atomic E-state index is 9.23. The molecule has 0 aliphatic rings. The Balaban J connectivity index is 2.52. The summed E-state index contributed by atoms with van der Waals surface area (Å²) in [4.78, 5) is 11.9. The second kappa shape index (κ2) is 3.51. The third-order valence-corrected chi connectivity index (χ3v) is 2.09. The van der Waals surface area contributed by atoms with Gasteiger partial charge in [0.05, 0.1) is 19.0 Å². The van der Waals surface area contributed by atoms with Crippen LogP contribution in [0, 0.1) is 0 Å². The molecular formula is C8H9ClN4O. The first-order valence-corrected chi connectivity index (χ1v) is 4.55. The summed E-state index contributed by atoms with van der Waals surface area (Å²) >= 11 is 5.82. The van der Waals surface area contributed by atoms with Crippen LogP contribution in [0.15, 0.2) is 12.7 Å². The predicted octanol–water partition coefficient (Wildman–Crippen LogP) is 0.861. The minimum Gasteiger partial charge on any atom is -0.392 e. The zero-order valence-electron chi connectivity index (χ0n) is 7.55. The second-order valence-corrected chi connectivity index (χ2v) is 3.44. The Kier molecular flexibility index (Phi) is 2.35. The van der Waals surface area contributed by atoms with E-state index in [2.05, 4.69) is 15.0 Å².